The first-order valence-electron chi connectivity index (χ1n) is 7.43. The topological polar surface area (TPSA) is 35.5 Å². The van der Waals surface area contributed by atoms with Crippen LogP contribution < -0.4 is 5.32 Å². The summed E-state index contributed by atoms with van der Waals surface area (Å²) in [6, 6.07) is 0.580. The average molecular weight is 256 g/mol. The lowest BCUT2D eigenvalue weighted by molar-refractivity contribution is 0.0274. The van der Waals surface area contributed by atoms with Crippen molar-refractivity contribution in [2.45, 2.75) is 59.1 Å². The lowest BCUT2D eigenvalue weighted by Crippen LogP contribution is -2.43. The summed E-state index contributed by atoms with van der Waals surface area (Å²) in [4.78, 5) is 2.42. The Morgan fingerprint density at radius 3 is 2.39 bits per heavy atom. The van der Waals surface area contributed by atoms with Crippen molar-refractivity contribution in [2.24, 2.45) is 11.3 Å². The maximum absolute atomic E-state index is 9.30. The fraction of sp³-hybridized carbons (Fsp3) is 1.00. The Kier molecular flexibility index (Phi) is 6.09. The minimum atomic E-state index is -0.0209. The summed E-state index contributed by atoms with van der Waals surface area (Å²) in [5, 5.41) is 12.9. The van der Waals surface area contributed by atoms with Crippen LogP contribution in [0.1, 0.15) is 47.0 Å². The van der Waals surface area contributed by atoms with Gasteiger partial charge in [-0.15, -0.1) is 0 Å². The second kappa shape index (κ2) is 6.88. The van der Waals surface area contributed by atoms with Gasteiger partial charge in [-0.05, 0) is 50.7 Å². The first kappa shape index (κ1) is 15.9. The van der Waals surface area contributed by atoms with Gasteiger partial charge in [0, 0.05) is 12.6 Å². The maximum Gasteiger partial charge on any atom is 0.0546 e. The van der Waals surface area contributed by atoms with Gasteiger partial charge in [-0.1, -0.05) is 27.7 Å². The minimum Gasteiger partial charge on any atom is -0.393 e. The smallest absolute Gasteiger partial charge is 0.0546 e. The van der Waals surface area contributed by atoms with Crippen LogP contribution in [-0.2, 0) is 0 Å². The van der Waals surface area contributed by atoms with E-state index in [9.17, 15) is 5.11 Å². The standard InChI is InChI=1S/C15H32N2O/c1-6-16-14(15(2,3)4)7-8-17(5)11-12-9-13(18)10-12/h12-14,16,18H,6-11H2,1-5H3. The Morgan fingerprint density at radius 1 is 1.33 bits per heavy atom. The van der Waals surface area contributed by atoms with Gasteiger partial charge in [0.25, 0.3) is 0 Å². The van der Waals surface area contributed by atoms with Gasteiger partial charge in [0.1, 0.15) is 0 Å². The normalized spacial score (nSPS) is 26.2. The van der Waals surface area contributed by atoms with Crippen LogP contribution in [0.2, 0.25) is 0 Å². The summed E-state index contributed by atoms with van der Waals surface area (Å²) >= 11 is 0. The molecule has 3 heteroatoms. The molecule has 2 N–H and O–H groups in total. The number of hydrogen-bond donors (Lipinski definition) is 2. The fourth-order valence-electron chi connectivity index (χ4n) is 2.82. The van der Waals surface area contributed by atoms with E-state index in [1.807, 2.05) is 0 Å². The minimum absolute atomic E-state index is 0.0209. The third kappa shape index (κ3) is 5.25. The summed E-state index contributed by atoms with van der Waals surface area (Å²) in [6.45, 7) is 12.4. The lowest BCUT2D eigenvalue weighted by Gasteiger charge is -2.36. The second-order valence-electron chi connectivity index (χ2n) is 7.02. The fourth-order valence-corrected chi connectivity index (χ4v) is 2.82. The van der Waals surface area contributed by atoms with Gasteiger partial charge >= 0.3 is 0 Å². The molecule has 1 aliphatic carbocycles. The van der Waals surface area contributed by atoms with E-state index in [0.29, 0.717) is 11.5 Å². The van der Waals surface area contributed by atoms with E-state index in [0.717, 1.165) is 38.4 Å². The molecule has 1 unspecified atom stereocenters. The van der Waals surface area contributed by atoms with Gasteiger partial charge in [-0.25, -0.2) is 0 Å². The largest absolute Gasteiger partial charge is 0.393 e. The van der Waals surface area contributed by atoms with E-state index < -0.39 is 0 Å². The number of nitrogens with one attached hydrogen (secondary N) is 1. The van der Waals surface area contributed by atoms with Crippen LogP contribution in [-0.4, -0.2) is 48.8 Å². The summed E-state index contributed by atoms with van der Waals surface area (Å²) in [6.07, 6.45) is 3.18. The summed E-state index contributed by atoms with van der Waals surface area (Å²) in [5.74, 6) is 0.720. The van der Waals surface area contributed by atoms with E-state index >= 15 is 0 Å². The number of hydrogen-bond acceptors (Lipinski definition) is 3. The molecule has 3 nitrogen and oxygen atoms in total. The SMILES string of the molecule is CCNC(CCN(C)CC1CC(O)C1)C(C)(C)C. The molecule has 1 atom stereocenters. The predicted molar refractivity (Wildman–Crippen MR) is 77.8 cm³/mol. The second-order valence-corrected chi connectivity index (χ2v) is 7.02. The van der Waals surface area contributed by atoms with Crippen molar-refractivity contribution in [3.8, 4) is 0 Å². The Labute approximate surface area is 113 Å². The molecule has 0 aliphatic heterocycles. The molecule has 0 bridgehead atoms. The summed E-state index contributed by atoms with van der Waals surface area (Å²) in [7, 11) is 2.20. The summed E-state index contributed by atoms with van der Waals surface area (Å²) < 4.78 is 0. The van der Waals surface area contributed by atoms with Crippen LogP contribution in [0.25, 0.3) is 0 Å². The number of aliphatic hydroxyl groups is 1. The maximum atomic E-state index is 9.30. The van der Waals surface area contributed by atoms with E-state index in [2.05, 4.69) is 45.0 Å². The molecule has 1 fully saturated rings. The highest BCUT2D eigenvalue weighted by molar-refractivity contribution is 4.83. The highest BCUT2D eigenvalue weighted by atomic mass is 16.3. The molecule has 108 valence electrons. The molecule has 0 heterocycles. The predicted octanol–water partition coefficient (Wildman–Crippen LogP) is 2.10. The monoisotopic (exact) mass is 256 g/mol. The molecule has 0 saturated heterocycles. The summed E-state index contributed by atoms with van der Waals surface area (Å²) in [5.41, 5.74) is 0.323. The average Bonchev–Trinajstić information content (AvgIpc) is 2.20. The van der Waals surface area contributed by atoms with Gasteiger partial charge < -0.3 is 15.3 Å². The Morgan fingerprint density at radius 2 is 1.94 bits per heavy atom. The van der Waals surface area contributed by atoms with Gasteiger partial charge in [0.2, 0.25) is 0 Å². The zero-order valence-corrected chi connectivity index (χ0v) is 12.9. The number of nitrogens with zero attached hydrogens (tertiary/aromatic N) is 1. The third-order valence-electron chi connectivity index (χ3n) is 4.08. The molecule has 0 spiro atoms. The molecule has 1 aliphatic rings. The first-order chi connectivity index (χ1) is 8.32. The van der Waals surface area contributed by atoms with Gasteiger partial charge in [0.05, 0.1) is 6.10 Å². The van der Waals surface area contributed by atoms with Gasteiger partial charge in [0.15, 0.2) is 0 Å². The Bertz CT molecular complexity index is 231. The highest BCUT2D eigenvalue weighted by Crippen LogP contribution is 2.28. The zero-order valence-electron chi connectivity index (χ0n) is 12.9. The quantitative estimate of drug-likeness (QED) is 0.732. The molecule has 0 radical (unpaired) electrons. The van der Waals surface area contributed by atoms with Crippen molar-refractivity contribution in [3.05, 3.63) is 0 Å². The van der Waals surface area contributed by atoms with Crippen molar-refractivity contribution in [1.29, 1.82) is 0 Å². The molecule has 1 rings (SSSR count). The van der Waals surface area contributed by atoms with E-state index in [4.69, 9.17) is 0 Å². The van der Waals surface area contributed by atoms with Crippen LogP contribution >= 0.6 is 0 Å². The van der Waals surface area contributed by atoms with Crippen molar-refractivity contribution >= 4 is 0 Å². The van der Waals surface area contributed by atoms with E-state index in [-0.39, 0.29) is 6.10 Å². The molecule has 0 aromatic heterocycles. The van der Waals surface area contributed by atoms with Crippen molar-refractivity contribution < 1.29 is 5.11 Å². The third-order valence-corrected chi connectivity index (χ3v) is 4.08. The molecular weight excluding hydrogens is 224 g/mol. The molecule has 1 saturated carbocycles. The first-order valence-corrected chi connectivity index (χ1v) is 7.43. The van der Waals surface area contributed by atoms with Crippen molar-refractivity contribution in [3.63, 3.8) is 0 Å². The number of rotatable bonds is 7. The zero-order chi connectivity index (χ0) is 13.8. The molecular formula is C15H32N2O. The van der Waals surface area contributed by atoms with Crippen LogP contribution in [0.3, 0.4) is 0 Å². The molecule has 0 amide bonds. The van der Waals surface area contributed by atoms with Crippen molar-refractivity contribution in [2.75, 3.05) is 26.7 Å². The molecule has 18 heavy (non-hydrogen) atoms. The van der Waals surface area contributed by atoms with E-state index in [1.54, 1.807) is 0 Å². The van der Waals surface area contributed by atoms with Crippen LogP contribution in [0, 0.1) is 11.3 Å². The Balaban J connectivity index is 2.24. The van der Waals surface area contributed by atoms with Crippen LogP contribution in [0.5, 0.6) is 0 Å². The van der Waals surface area contributed by atoms with Crippen molar-refractivity contribution in [1.82, 2.24) is 10.2 Å². The Hall–Kier alpha value is -0.120. The van der Waals surface area contributed by atoms with Gasteiger partial charge in [-0.2, -0.15) is 0 Å². The number of aliphatic hydroxyl groups excluding tert-OH is 1. The van der Waals surface area contributed by atoms with Gasteiger partial charge in [-0.3, -0.25) is 0 Å². The lowest BCUT2D eigenvalue weighted by atomic mass is 9.82. The van der Waals surface area contributed by atoms with Crippen LogP contribution in [0.15, 0.2) is 0 Å². The van der Waals surface area contributed by atoms with E-state index in [1.165, 1.54) is 6.42 Å². The van der Waals surface area contributed by atoms with Crippen LogP contribution in [0.4, 0.5) is 0 Å². The highest BCUT2D eigenvalue weighted by Gasteiger charge is 2.28. The molecule has 0 aromatic rings. The molecule has 0 aromatic carbocycles.